The molecule has 0 bridgehead atoms. The Hall–Kier alpha value is -0.900. The van der Waals surface area contributed by atoms with E-state index in [0.717, 1.165) is 50.2 Å². The summed E-state index contributed by atoms with van der Waals surface area (Å²) in [5, 5.41) is 0. The van der Waals surface area contributed by atoms with Crippen molar-refractivity contribution >= 4 is 11.9 Å². The summed E-state index contributed by atoms with van der Waals surface area (Å²) in [4.78, 5) is 10.7. The van der Waals surface area contributed by atoms with Gasteiger partial charge in [-0.3, -0.25) is 0 Å². The summed E-state index contributed by atoms with van der Waals surface area (Å²) < 4.78 is 46.4. The van der Waals surface area contributed by atoms with Gasteiger partial charge in [-0.2, -0.15) is 13.2 Å². The third-order valence-corrected chi connectivity index (χ3v) is 7.39. The van der Waals surface area contributed by atoms with Crippen LogP contribution < -0.4 is 0 Å². The smallest absolute Gasteiger partial charge is 0.381 e. The van der Waals surface area contributed by atoms with Gasteiger partial charge in [-0.05, 0) is 56.4 Å². The maximum absolute atomic E-state index is 12.9. The lowest BCUT2D eigenvalue weighted by molar-refractivity contribution is -0.145. The average Bonchev–Trinajstić information content (AvgIpc) is 3.16. The standard InChI is InChI=1S/C19H27F3N4OS/c1-12-17(13(2)24-18(23-12)19(20,21)22)28-26-10-15-8-25(9-16(15)11-26)7-14-3-5-27-6-4-14/h14-16H,3-11H2,1-2H3. The van der Waals surface area contributed by atoms with Crippen LogP contribution in [0.25, 0.3) is 0 Å². The van der Waals surface area contributed by atoms with Gasteiger partial charge >= 0.3 is 6.18 Å². The summed E-state index contributed by atoms with van der Waals surface area (Å²) in [7, 11) is 0. The minimum absolute atomic E-state index is 0.406. The molecule has 28 heavy (non-hydrogen) atoms. The van der Waals surface area contributed by atoms with Gasteiger partial charge in [0.25, 0.3) is 0 Å². The molecular weight excluding hydrogens is 389 g/mol. The summed E-state index contributed by atoms with van der Waals surface area (Å²) in [5.74, 6) is 0.994. The van der Waals surface area contributed by atoms with Crippen LogP contribution in [-0.4, -0.2) is 65.1 Å². The molecule has 3 aliphatic rings. The Morgan fingerprint density at radius 1 is 1.00 bits per heavy atom. The first-order valence-corrected chi connectivity index (χ1v) is 10.7. The van der Waals surface area contributed by atoms with E-state index in [2.05, 4.69) is 19.2 Å². The Bertz CT molecular complexity index is 674. The SMILES string of the molecule is Cc1nc(C(F)(F)F)nc(C)c1SN1CC2CN(CC3CCOCC3)CC2C1. The van der Waals surface area contributed by atoms with E-state index >= 15 is 0 Å². The highest BCUT2D eigenvalue weighted by atomic mass is 32.2. The second-order valence-electron chi connectivity index (χ2n) is 8.28. The Morgan fingerprint density at radius 3 is 2.11 bits per heavy atom. The fourth-order valence-corrected chi connectivity index (χ4v) is 5.80. The van der Waals surface area contributed by atoms with Crippen molar-refractivity contribution < 1.29 is 17.9 Å². The second-order valence-corrected chi connectivity index (χ2v) is 9.38. The van der Waals surface area contributed by atoms with Crippen LogP contribution in [0.5, 0.6) is 0 Å². The highest BCUT2D eigenvalue weighted by Gasteiger charge is 2.41. The maximum Gasteiger partial charge on any atom is 0.451 e. The molecule has 0 aromatic carbocycles. The van der Waals surface area contributed by atoms with Crippen LogP contribution >= 0.6 is 11.9 Å². The lowest BCUT2D eigenvalue weighted by Gasteiger charge is -2.28. The molecule has 0 saturated carbocycles. The number of aromatic nitrogens is 2. The average molecular weight is 417 g/mol. The van der Waals surface area contributed by atoms with Gasteiger partial charge in [0.2, 0.25) is 5.82 Å². The predicted molar refractivity (Wildman–Crippen MR) is 101 cm³/mol. The van der Waals surface area contributed by atoms with Crippen LogP contribution in [0.4, 0.5) is 13.2 Å². The molecule has 0 N–H and O–H groups in total. The number of hydrogen-bond donors (Lipinski definition) is 0. The molecule has 2 atom stereocenters. The number of likely N-dealkylation sites (tertiary alicyclic amines) is 1. The maximum atomic E-state index is 12.9. The van der Waals surface area contributed by atoms with Crippen molar-refractivity contribution in [3.63, 3.8) is 0 Å². The summed E-state index contributed by atoms with van der Waals surface area (Å²) in [6, 6.07) is 0. The first kappa shape index (κ1) is 20.4. The molecule has 0 aliphatic carbocycles. The number of aryl methyl sites for hydroxylation is 2. The van der Waals surface area contributed by atoms with Gasteiger partial charge in [0.1, 0.15) is 0 Å². The van der Waals surface area contributed by atoms with Crippen LogP contribution in [0, 0.1) is 31.6 Å². The number of halogens is 3. The van der Waals surface area contributed by atoms with Gasteiger partial charge < -0.3 is 9.64 Å². The summed E-state index contributed by atoms with van der Waals surface area (Å²) in [6.45, 7) is 10.4. The number of rotatable bonds is 4. The van der Waals surface area contributed by atoms with Crippen molar-refractivity contribution in [3.05, 3.63) is 17.2 Å². The van der Waals surface area contributed by atoms with Crippen LogP contribution in [0.15, 0.2) is 4.90 Å². The van der Waals surface area contributed by atoms with E-state index in [-0.39, 0.29) is 0 Å². The van der Waals surface area contributed by atoms with Crippen molar-refractivity contribution in [2.75, 3.05) is 45.9 Å². The largest absolute Gasteiger partial charge is 0.451 e. The molecule has 9 heteroatoms. The van der Waals surface area contributed by atoms with Crippen LogP contribution in [0.3, 0.4) is 0 Å². The third-order valence-electron chi connectivity index (χ3n) is 6.06. The Morgan fingerprint density at radius 2 is 1.57 bits per heavy atom. The molecule has 4 rings (SSSR count). The van der Waals surface area contributed by atoms with Gasteiger partial charge in [-0.25, -0.2) is 14.3 Å². The van der Waals surface area contributed by atoms with Gasteiger partial charge in [0, 0.05) is 45.9 Å². The first-order valence-electron chi connectivity index (χ1n) is 9.95. The topological polar surface area (TPSA) is 41.5 Å². The molecule has 0 amide bonds. The zero-order valence-electron chi connectivity index (χ0n) is 16.3. The quantitative estimate of drug-likeness (QED) is 0.701. The highest BCUT2D eigenvalue weighted by Crippen LogP contribution is 2.39. The number of hydrogen-bond acceptors (Lipinski definition) is 6. The molecule has 2 unspecified atom stereocenters. The monoisotopic (exact) mass is 416 g/mol. The Labute approximate surface area is 168 Å². The number of fused-ring (bicyclic) bond motifs is 1. The normalized spacial score (nSPS) is 27.5. The molecule has 0 spiro atoms. The van der Waals surface area contributed by atoms with E-state index < -0.39 is 12.0 Å². The van der Waals surface area contributed by atoms with Gasteiger partial charge in [0.15, 0.2) is 0 Å². The van der Waals surface area contributed by atoms with Crippen molar-refractivity contribution in [1.29, 1.82) is 0 Å². The molecule has 1 aromatic heterocycles. The zero-order chi connectivity index (χ0) is 19.9. The Balaban J connectivity index is 1.33. The van der Waals surface area contributed by atoms with Crippen molar-refractivity contribution in [2.45, 2.75) is 37.8 Å². The van der Waals surface area contributed by atoms with Crippen LogP contribution in [-0.2, 0) is 10.9 Å². The molecule has 4 heterocycles. The van der Waals surface area contributed by atoms with Gasteiger partial charge in [-0.15, -0.1) is 0 Å². The summed E-state index contributed by atoms with van der Waals surface area (Å²) >= 11 is 1.52. The van der Waals surface area contributed by atoms with Gasteiger partial charge in [-0.1, -0.05) is 0 Å². The molecule has 156 valence electrons. The van der Waals surface area contributed by atoms with E-state index in [4.69, 9.17) is 4.74 Å². The molecular formula is C19H27F3N4OS. The first-order chi connectivity index (χ1) is 13.3. The van der Waals surface area contributed by atoms with Gasteiger partial charge in [0.05, 0.1) is 16.3 Å². The molecule has 1 aromatic rings. The fourth-order valence-electron chi connectivity index (χ4n) is 4.66. The van der Waals surface area contributed by atoms with Crippen molar-refractivity contribution in [3.8, 4) is 0 Å². The number of nitrogens with zero attached hydrogens (tertiary/aromatic N) is 4. The minimum Gasteiger partial charge on any atom is -0.381 e. The molecule has 3 aliphatic heterocycles. The molecule has 0 radical (unpaired) electrons. The lowest BCUT2D eigenvalue weighted by atomic mass is 10.00. The molecule has 3 fully saturated rings. The zero-order valence-corrected chi connectivity index (χ0v) is 17.2. The third kappa shape index (κ3) is 4.47. The second kappa shape index (κ2) is 8.08. The van der Waals surface area contributed by atoms with Crippen LogP contribution in [0.2, 0.25) is 0 Å². The highest BCUT2D eigenvalue weighted by molar-refractivity contribution is 7.97. The predicted octanol–water partition coefficient (Wildman–Crippen LogP) is 3.41. The lowest BCUT2D eigenvalue weighted by Crippen LogP contribution is -2.33. The minimum atomic E-state index is -4.50. The number of ether oxygens (including phenoxy) is 1. The summed E-state index contributed by atoms with van der Waals surface area (Å²) in [6.07, 6.45) is -2.17. The van der Waals surface area contributed by atoms with E-state index in [1.54, 1.807) is 13.8 Å². The molecule has 5 nitrogen and oxygen atoms in total. The van der Waals surface area contributed by atoms with E-state index in [1.807, 2.05) is 0 Å². The van der Waals surface area contributed by atoms with E-state index in [9.17, 15) is 13.2 Å². The molecule has 3 saturated heterocycles. The van der Waals surface area contributed by atoms with E-state index in [0.29, 0.717) is 23.2 Å². The van der Waals surface area contributed by atoms with Crippen LogP contribution in [0.1, 0.15) is 30.1 Å². The van der Waals surface area contributed by atoms with E-state index in [1.165, 1.54) is 31.3 Å². The Kier molecular flexibility index (Phi) is 5.88. The number of alkyl halides is 3. The van der Waals surface area contributed by atoms with Crippen molar-refractivity contribution in [2.24, 2.45) is 17.8 Å². The summed E-state index contributed by atoms with van der Waals surface area (Å²) in [5.41, 5.74) is 0.811. The van der Waals surface area contributed by atoms with Crippen molar-refractivity contribution in [1.82, 2.24) is 19.2 Å². The fraction of sp³-hybridized carbons (Fsp3) is 0.789.